The number of nitrogens with zero attached hydrogens (tertiary/aromatic N) is 1. The normalized spacial score (nSPS) is 16.7. The standard InChI is InChI=1S/C27H29NO4/c1-19(24-9-5-7-21-6-3-4-8-25(21)24)16-20-14-15-28(17-20)26(29)18-32-23-12-10-22(11-13-23)27(30)31-2/h3-13,19-20H,14-18H2,1-2H3/t19-,20+/m0/s1. The molecular weight excluding hydrogens is 402 g/mol. The van der Waals surface area contributed by atoms with E-state index >= 15 is 0 Å². The van der Waals surface area contributed by atoms with Crippen molar-refractivity contribution in [2.45, 2.75) is 25.7 Å². The minimum atomic E-state index is -0.395. The van der Waals surface area contributed by atoms with E-state index in [0.717, 1.165) is 25.9 Å². The molecule has 3 aromatic rings. The zero-order chi connectivity index (χ0) is 22.5. The number of likely N-dealkylation sites (tertiary alicyclic amines) is 1. The largest absolute Gasteiger partial charge is 0.484 e. The summed E-state index contributed by atoms with van der Waals surface area (Å²) in [5, 5.41) is 2.59. The Hall–Kier alpha value is -3.34. The molecule has 0 aliphatic carbocycles. The van der Waals surface area contributed by atoms with Crippen LogP contribution >= 0.6 is 0 Å². The minimum Gasteiger partial charge on any atom is -0.484 e. The fourth-order valence-electron chi connectivity index (χ4n) is 4.60. The smallest absolute Gasteiger partial charge is 0.337 e. The summed E-state index contributed by atoms with van der Waals surface area (Å²) in [5.74, 6) is 1.10. The first-order valence-corrected chi connectivity index (χ1v) is 11.1. The van der Waals surface area contributed by atoms with Crippen molar-refractivity contribution >= 4 is 22.6 Å². The molecule has 5 nitrogen and oxygen atoms in total. The number of carbonyl (C=O) groups is 2. The second-order valence-corrected chi connectivity index (χ2v) is 8.50. The molecule has 32 heavy (non-hydrogen) atoms. The van der Waals surface area contributed by atoms with E-state index in [1.807, 2.05) is 4.90 Å². The zero-order valence-electron chi connectivity index (χ0n) is 18.6. The molecule has 0 spiro atoms. The van der Waals surface area contributed by atoms with Crippen molar-refractivity contribution in [2.75, 3.05) is 26.8 Å². The molecule has 0 saturated carbocycles. The summed E-state index contributed by atoms with van der Waals surface area (Å²) in [5.41, 5.74) is 1.83. The van der Waals surface area contributed by atoms with Gasteiger partial charge in [0.15, 0.2) is 6.61 Å². The first-order valence-electron chi connectivity index (χ1n) is 11.1. The number of fused-ring (bicyclic) bond motifs is 1. The summed E-state index contributed by atoms with van der Waals surface area (Å²) in [6.45, 7) is 3.84. The number of hydrogen-bond donors (Lipinski definition) is 0. The molecule has 3 aromatic carbocycles. The van der Waals surface area contributed by atoms with Crippen molar-refractivity contribution in [3.05, 3.63) is 77.9 Å². The predicted octanol–water partition coefficient (Wildman–Crippen LogP) is 5.05. The van der Waals surface area contributed by atoms with Gasteiger partial charge in [-0.25, -0.2) is 4.79 Å². The van der Waals surface area contributed by atoms with Crippen LogP contribution in [0.4, 0.5) is 0 Å². The molecule has 1 heterocycles. The SMILES string of the molecule is COC(=O)c1ccc(OCC(=O)N2CC[C@H](C[C@H](C)c3cccc4ccccc34)C2)cc1. The van der Waals surface area contributed by atoms with Crippen molar-refractivity contribution < 1.29 is 19.1 Å². The Morgan fingerprint density at radius 1 is 1.03 bits per heavy atom. The Balaban J connectivity index is 1.29. The van der Waals surface area contributed by atoms with Crippen LogP contribution in [0.25, 0.3) is 10.8 Å². The van der Waals surface area contributed by atoms with E-state index in [-0.39, 0.29) is 12.5 Å². The van der Waals surface area contributed by atoms with Crippen LogP contribution in [0.15, 0.2) is 66.7 Å². The Morgan fingerprint density at radius 3 is 2.56 bits per heavy atom. The summed E-state index contributed by atoms with van der Waals surface area (Å²) < 4.78 is 10.3. The van der Waals surface area contributed by atoms with Crippen LogP contribution in [0.2, 0.25) is 0 Å². The Bertz CT molecular complexity index is 1090. The summed E-state index contributed by atoms with van der Waals surface area (Å²) in [7, 11) is 1.34. The topological polar surface area (TPSA) is 55.8 Å². The quantitative estimate of drug-likeness (QED) is 0.492. The van der Waals surface area contributed by atoms with Gasteiger partial charge in [-0.3, -0.25) is 4.79 Å². The van der Waals surface area contributed by atoms with Gasteiger partial charge in [0.05, 0.1) is 12.7 Å². The van der Waals surface area contributed by atoms with Crippen molar-refractivity contribution in [3.8, 4) is 5.75 Å². The molecule has 0 N–H and O–H groups in total. The third kappa shape index (κ3) is 4.93. The second-order valence-electron chi connectivity index (χ2n) is 8.50. The van der Waals surface area contributed by atoms with Gasteiger partial charge < -0.3 is 14.4 Å². The van der Waals surface area contributed by atoms with Crippen LogP contribution < -0.4 is 4.74 Å². The molecule has 1 fully saturated rings. The van der Waals surface area contributed by atoms with Gasteiger partial charge in [0.25, 0.3) is 5.91 Å². The highest BCUT2D eigenvalue weighted by atomic mass is 16.5. The van der Waals surface area contributed by atoms with Crippen molar-refractivity contribution in [1.82, 2.24) is 4.90 Å². The monoisotopic (exact) mass is 431 g/mol. The van der Waals surface area contributed by atoms with Gasteiger partial charge in [-0.2, -0.15) is 0 Å². The summed E-state index contributed by atoms with van der Waals surface area (Å²) in [4.78, 5) is 26.1. The molecular formula is C27H29NO4. The first-order chi connectivity index (χ1) is 15.5. The van der Waals surface area contributed by atoms with Crippen LogP contribution in [-0.2, 0) is 9.53 Å². The van der Waals surface area contributed by atoms with E-state index in [9.17, 15) is 9.59 Å². The van der Waals surface area contributed by atoms with Crippen LogP contribution in [0.5, 0.6) is 5.75 Å². The fourth-order valence-corrected chi connectivity index (χ4v) is 4.60. The number of amides is 1. The van der Waals surface area contributed by atoms with Crippen LogP contribution in [0, 0.1) is 5.92 Å². The molecule has 0 radical (unpaired) electrons. The van der Waals surface area contributed by atoms with Gasteiger partial charge in [0, 0.05) is 13.1 Å². The van der Waals surface area contributed by atoms with E-state index < -0.39 is 5.97 Å². The lowest BCUT2D eigenvalue weighted by atomic mass is 9.87. The average Bonchev–Trinajstić information content (AvgIpc) is 3.30. The number of methoxy groups -OCH3 is 1. The van der Waals surface area contributed by atoms with E-state index in [2.05, 4.69) is 54.1 Å². The Morgan fingerprint density at radius 2 is 1.78 bits per heavy atom. The number of ether oxygens (including phenoxy) is 2. The third-order valence-corrected chi connectivity index (χ3v) is 6.32. The number of carbonyl (C=O) groups excluding carboxylic acids is 2. The van der Waals surface area contributed by atoms with Gasteiger partial charge in [-0.05, 0) is 65.3 Å². The summed E-state index contributed by atoms with van der Waals surface area (Å²) in [6, 6.07) is 21.7. The highest BCUT2D eigenvalue weighted by Gasteiger charge is 2.28. The lowest BCUT2D eigenvalue weighted by molar-refractivity contribution is -0.132. The second kappa shape index (κ2) is 9.86. The van der Waals surface area contributed by atoms with Crippen molar-refractivity contribution in [2.24, 2.45) is 5.92 Å². The minimum absolute atomic E-state index is 0.00218. The molecule has 0 aromatic heterocycles. The third-order valence-electron chi connectivity index (χ3n) is 6.32. The number of esters is 1. The number of hydrogen-bond acceptors (Lipinski definition) is 4. The highest BCUT2D eigenvalue weighted by Crippen LogP contribution is 2.33. The molecule has 1 saturated heterocycles. The van der Waals surface area contributed by atoms with E-state index in [4.69, 9.17) is 4.74 Å². The predicted molar refractivity (Wildman–Crippen MR) is 125 cm³/mol. The van der Waals surface area contributed by atoms with Gasteiger partial charge in [-0.1, -0.05) is 49.4 Å². The van der Waals surface area contributed by atoms with Crippen LogP contribution in [-0.4, -0.2) is 43.6 Å². The maximum absolute atomic E-state index is 12.6. The molecule has 0 bridgehead atoms. The lowest BCUT2D eigenvalue weighted by Gasteiger charge is -2.20. The summed E-state index contributed by atoms with van der Waals surface area (Å²) in [6.07, 6.45) is 2.09. The van der Waals surface area contributed by atoms with Crippen LogP contribution in [0.3, 0.4) is 0 Å². The fraction of sp³-hybridized carbons (Fsp3) is 0.333. The molecule has 5 heteroatoms. The Kier molecular flexibility index (Phi) is 6.74. The average molecular weight is 432 g/mol. The van der Waals surface area contributed by atoms with Crippen molar-refractivity contribution in [3.63, 3.8) is 0 Å². The van der Waals surface area contributed by atoms with Gasteiger partial charge in [0.2, 0.25) is 0 Å². The molecule has 1 aliphatic heterocycles. The first kappa shape index (κ1) is 21.9. The van der Waals surface area contributed by atoms with Gasteiger partial charge in [-0.15, -0.1) is 0 Å². The van der Waals surface area contributed by atoms with E-state index in [1.54, 1.807) is 24.3 Å². The molecule has 1 amide bonds. The van der Waals surface area contributed by atoms with E-state index in [1.165, 1.54) is 23.4 Å². The molecule has 4 rings (SSSR count). The van der Waals surface area contributed by atoms with Crippen LogP contribution in [0.1, 0.15) is 41.6 Å². The highest BCUT2D eigenvalue weighted by molar-refractivity contribution is 5.89. The zero-order valence-corrected chi connectivity index (χ0v) is 18.6. The molecule has 2 atom stereocenters. The lowest BCUT2D eigenvalue weighted by Crippen LogP contribution is -2.33. The van der Waals surface area contributed by atoms with Gasteiger partial charge in [0.1, 0.15) is 5.75 Å². The van der Waals surface area contributed by atoms with Gasteiger partial charge >= 0.3 is 5.97 Å². The maximum atomic E-state index is 12.6. The Labute approximate surface area is 188 Å². The summed E-state index contributed by atoms with van der Waals surface area (Å²) >= 11 is 0. The molecule has 166 valence electrons. The molecule has 0 unspecified atom stereocenters. The number of rotatable bonds is 7. The maximum Gasteiger partial charge on any atom is 0.337 e. The number of benzene rings is 3. The van der Waals surface area contributed by atoms with Crippen molar-refractivity contribution in [1.29, 1.82) is 0 Å². The van der Waals surface area contributed by atoms with E-state index in [0.29, 0.717) is 23.1 Å². The molecule has 1 aliphatic rings.